The van der Waals surface area contributed by atoms with Gasteiger partial charge in [0.05, 0.1) is 24.8 Å². The lowest BCUT2D eigenvalue weighted by Crippen LogP contribution is -2.26. The summed E-state index contributed by atoms with van der Waals surface area (Å²) in [7, 11) is 1.60. The average Bonchev–Trinajstić information content (AvgIpc) is 3.20. The minimum absolute atomic E-state index is 0.114. The zero-order valence-electron chi connectivity index (χ0n) is 18.5. The van der Waals surface area contributed by atoms with Crippen molar-refractivity contribution in [2.45, 2.75) is 19.4 Å². The number of nitrogens with zero attached hydrogens (tertiary/aromatic N) is 2. The van der Waals surface area contributed by atoms with Crippen LogP contribution in [0.1, 0.15) is 22.6 Å². The summed E-state index contributed by atoms with van der Waals surface area (Å²) < 4.78 is 13.2. The number of carbonyl (C=O) groups excluding carboxylic acids is 1. The van der Waals surface area contributed by atoms with Gasteiger partial charge in [-0.15, -0.1) is 0 Å². The van der Waals surface area contributed by atoms with Gasteiger partial charge in [0.2, 0.25) is 0 Å². The standard InChI is InChI=1S/C26H26ClN3O3/c1-32-21-11-7-19(8-12-21)26(31)28-16-15-25-29-23-5-2-3-6-24(23)30(25)17-4-18-33-22-13-9-20(27)10-14-22/h2-3,5-14H,4,15-18H2,1H3,(H,28,31). The highest BCUT2D eigenvalue weighted by molar-refractivity contribution is 6.30. The number of ether oxygens (including phenoxy) is 2. The molecule has 6 nitrogen and oxygen atoms in total. The van der Waals surface area contributed by atoms with E-state index in [-0.39, 0.29) is 5.91 Å². The first kappa shape index (κ1) is 22.7. The van der Waals surface area contributed by atoms with Gasteiger partial charge in [-0.05, 0) is 67.1 Å². The van der Waals surface area contributed by atoms with E-state index in [1.807, 2.05) is 42.5 Å². The Morgan fingerprint density at radius 3 is 2.48 bits per heavy atom. The summed E-state index contributed by atoms with van der Waals surface area (Å²) in [6.07, 6.45) is 1.46. The Morgan fingerprint density at radius 2 is 1.73 bits per heavy atom. The third-order valence-corrected chi connectivity index (χ3v) is 5.58. The predicted octanol–water partition coefficient (Wildman–Crippen LogP) is 5.14. The maximum Gasteiger partial charge on any atom is 0.251 e. The number of benzene rings is 3. The molecule has 4 aromatic rings. The molecule has 1 N–H and O–H groups in total. The van der Waals surface area contributed by atoms with Crippen LogP contribution in [0, 0.1) is 0 Å². The Morgan fingerprint density at radius 1 is 1.00 bits per heavy atom. The molecule has 0 atom stereocenters. The van der Waals surface area contributed by atoms with E-state index >= 15 is 0 Å². The van der Waals surface area contributed by atoms with Gasteiger partial charge in [0.1, 0.15) is 17.3 Å². The van der Waals surface area contributed by atoms with Crippen LogP contribution < -0.4 is 14.8 Å². The van der Waals surface area contributed by atoms with Crippen LogP contribution >= 0.6 is 11.6 Å². The Balaban J connectivity index is 1.36. The number of fused-ring (bicyclic) bond motifs is 1. The topological polar surface area (TPSA) is 65.4 Å². The summed E-state index contributed by atoms with van der Waals surface area (Å²) in [5.41, 5.74) is 2.64. The highest BCUT2D eigenvalue weighted by Gasteiger charge is 2.11. The van der Waals surface area contributed by atoms with Crippen molar-refractivity contribution in [1.29, 1.82) is 0 Å². The van der Waals surface area contributed by atoms with Gasteiger partial charge in [-0.1, -0.05) is 23.7 Å². The van der Waals surface area contributed by atoms with Crippen molar-refractivity contribution in [2.75, 3.05) is 20.3 Å². The van der Waals surface area contributed by atoms with Crippen LogP contribution in [0.5, 0.6) is 11.5 Å². The molecule has 0 fully saturated rings. The van der Waals surface area contributed by atoms with Crippen LogP contribution in [0.3, 0.4) is 0 Å². The fraction of sp³-hybridized carbons (Fsp3) is 0.231. The maximum absolute atomic E-state index is 12.5. The number of halogens is 1. The van der Waals surface area contributed by atoms with E-state index in [2.05, 4.69) is 16.0 Å². The lowest BCUT2D eigenvalue weighted by molar-refractivity contribution is 0.0954. The van der Waals surface area contributed by atoms with Gasteiger partial charge in [-0.25, -0.2) is 4.98 Å². The van der Waals surface area contributed by atoms with Crippen LogP contribution in [0.25, 0.3) is 11.0 Å². The van der Waals surface area contributed by atoms with Crippen molar-refractivity contribution in [3.8, 4) is 11.5 Å². The molecule has 3 aromatic carbocycles. The largest absolute Gasteiger partial charge is 0.497 e. The first-order valence-corrected chi connectivity index (χ1v) is 11.3. The van der Waals surface area contributed by atoms with Crippen molar-refractivity contribution in [1.82, 2.24) is 14.9 Å². The lowest BCUT2D eigenvalue weighted by Gasteiger charge is -2.11. The molecule has 0 aliphatic carbocycles. The van der Waals surface area contributed by atoms with Gasteiger partial charge in [0.25, 0.3) is 5.91 Å². The van der Waals surface area contributed by atoms with Gasteiger partial charge in [0.15, 0.2) is 0 Å². The van der Waals surface area contributed by atoms with Crippen molar-refractivity contribution < 1.29 is 14.3 Å². The second-order valence-corrected chi connectivity index (χ2v) is 8.00. The zero-order chi connectivity index (χ0) is 23.0. The first-order chi connectivity index (χ1) is 16.1. The molecule has 0 bridgehead atoms. The molecule has 0 aliphatic heterocycles. The van der Waals surface area contributed by atoms with E-state index < -0.39 is 0 Å². The van der Waals surface area contributed by atoms with Crippen LogP contribution in [-0.4, -0.2) is 35.7 Å². The van der Waals surface area contributed by atoms with Crippen molar-refractivity contribution in [3.63, 3.8) is 0 Å². The molecule has 1 aromatic heterocycles. The van der Waals surface area contributed by atoms with Crippen molar-refractivity contribution in [2.24, 2.45) is 0 Å². The predicted molar refractivity (Wildman–Crippen MR) is 130 cm³/mol. The highest BCUT2D eigenvalue weighted by Crippen LogP contribution is 2.19. The quantitative estimate of drug-likeness (QED) is 0.331. The molecule has 0 saturated heterocycles. The number of imidazole rings is 1. The molecule has 0 unspecified atom stereocenters. The number of nitrogens with one attached hydrogen (secondary N) is 1. The van der Waals surface area contributed by atoms with Gasteiger partial charge >= 0.3 is 0 Å². The number of hydrogen-bond donors (Lipinski definition) is 1. The molecule has 0 spiro atoms. The normalized spacial score (nSPS) is 10.8. The molecule has 1 heterocycles. The Hall–Kier alpha value is -3.51. The lowest BCUT2D eigenvalue weighted by atomic mass is 10.2. The smallest absolute Gasteiger partial charge is 0.251 e. The number of amides is 1. The Kier molecular flexibility index (Phi) is 7.47. The van der Waals surface area contributed by atoms with Crippen LogP contribution in [-0.2, 0) is 13.0 Å². The number of rotatable bonds is 10. The molecule has 1 amide bonds. The molecule has 7 heteroatoms. The highest BCUT2D eigenvalue weighted by atomic mass is 35.5. The van der Waals surface area contributed by atoms with Crippen LogP contribution in [0.15, 0.2) is 72.8 Å². The molecule has 33 heavy (non-hydrogen) atoms. The Bertz CT molecular complexity index is 1200. The second-order valence-electron chi connectivity index (χ2n) is 7.56. The van der Waals surface area contributed by atoms with Gasteiger partial charge in [-0.3, -0.25) is 4.79 Å². The minimum Gasteiger partial charge on any atom is -0.497 e. The van der Waals surface area contributed by atoms with E-state index in [9.17, 15) is 4.79 Å². The molecular weight excluding hydrogens is 438 g/mol. The van der Waals surface area contributed by atoms with Gasteiger partial charge in [-0.2, -0.15) is 0 Å². The molecule has 170 valence electrons. The molecule has 0 saturated carbocycles. The zero-order valence-corrected chi connectivity index (χ0v) is 19.2. The van der Waals surface area contributed by atoms with Crippen LogP contribution in [0.2, 0.25) is 5.02 Å². The number of methoxy groups -OCH3 is 1. The number of hydrogen-bond acceptors (Lipinski definition) is 4. The average molecular weight is 464 g/mol. The van der Waals surface area contributed by atoms with E-state index in [0.717, 1.165) is 41.3 Å². The van der Waals surface area contributed by atoms with Crippen molar-refractivity contribution in [3.05, 3.63) is 89.2 Å². The van der Waals surface area contributed by atoms with Crippen molar-refractivity contribution >= 4 is 28.5 Å². The first-order valence-electron chi connectivity index (χ1n) is 10.9. The molecule has 0 aliphatic rings. The van der Waals surface area contributed by atoms with Gasteiger partial charge in [0, 0.05) is 30.1 Å². The summed E-state index contributed by atoms with van der Waals surface area (Å²) >= 11 is 5.92. The summed E-state index contributed by atoms with van der Waals surface area (Å²) in [6.45, 7) is 1.85. The number of carbonyl (C=O) groups is 1. The third-order valence-electron chi connectivity index (χ3n) is 5.33. The van der Waals surface area contributed by atoms with Gasteiger partial charge < -0.3 is 19.4 Å². The number of aryl methyl sites for hydroxylation is 1. The molecule has 0 radical (unpaired) electrons. The van der Waals surface area contributed by atoms with E-state index in [0.29, 0.717) is 30.2 Å². The molecular formula is C26H26ClN3O3. The monoisotopic (exact) mass is 463 g/mol. The Labute approximate surface area is 198 Å². The molecule has 4 rings (SSSR count). The third kappa shape index (κ3) is 5.84. The SMILES string of the molecule is COc1ccc(C(=O)NCCc2nc3ccccc3n2CCCOc2ccc(Cl)cc2)cc1. The summed E-state index contributed by atoms with van der Waals surface area (Å²) in [4.78, 5) is 17.2. The fourth-order valence-corrected chi connectivity index (χ4v) is 3.77. The summed E-state index contributed by atoms with van der Waals surface area (Å²) in [5.74, 6) is 2.35. The maximum atomic E-state index is 12.5. The number of aromatic nitrogens is 2. The van der Waals surface area contributed by atoms with Crippen LogP contribution in [0.4, 0.5) is 0 Å². The van der Waals surface area contributed by atoms with E-state index in [4.69, 9.17) is 26.1 Å². The van der Waals surface area contributed by atoms with E-state index in [1.54, 1.807) is 31.4 Å². The minimum atomic E-state index is -0.114. The second kappa shape index (κ2) is 10.9. The summed E-state index contributed by atoms with van der Waals surface area (Å²) in [5, 5.41) is 3.67. The number of para-hydroxylation sites is 2. The fourth-order valence-electron chi connectivity index (χ4n) is 3.64. The van der Waals surface area contributed by atoms with E-state index in [1.165, 1.54) is 0 Å². The summed E-state index contributed by atoms with van der Waals surface area (Å²) in [6, 6.07) is 22.5.